The topological polar surface area (TPSA) is 65.1 Å². The summed E-state index contributed by atoms with van der Waals surface area (Å²) in [6, 6.07) is 21.6. The van der Waals surface area contributed by atoms with Gasteiger partial charge >= 0.3 is 5.97 Å². The van der Waals surface area contributed by atoms with Crippen molar-refractivity contribution in [2.45, 2.75) is 13.5 Å². The van der Waals surface area contributed by atoms with Crippen LogP contribution in [-0.4, -0.2) is 36.7 Å². The summed E-state index contributed by atoms with van der Waals surface area (Å²) in [7, 11) is 0. The third-order valence-electron chi connectivity index (χ3n) is 4.66. The van der Waals surface area contributed by atoms with E-state index >= 15 is 0 Å². The van der Waals surface area contributed by atoms with Crippen LogP contribution in [0.4, 0.5) is 4.39 Å². The summed E-state index contributed by atoms with van der Waals surface area (Å²) in [5.74, 6) is -0.0956. The number of nitrogens with zero attached hydrogens (tertiary/aromatic N) is 1. The van der Waals surface area contributed by atoms with E-state index in [0.29, 0.717) is 29.2 Å². The van der Waals surface area contributed by atoms with Crippen LogP contribution in [0.25, 0.3) is 0 Å². The lowest BCUT2D eigenvalue weighted by atomic mass is 10.2. The Labute approximate surface area is 186 Å². The summed E-state index contributed by atoms with van der Waals surface area (Å²) in [5.41, 5.74) is 0.901. The van der Waals surface area contributed by atoms with Crippen LogP contribution in [0.15, 0.2) is 78.9 Å². The highest BCUT2D eigenvalue weighted by atomic mass is 19.1. The van der Waals surface area contributed by atoms with Crippen molar-refractivity contribution in [3.63, 3.8) is 0 Å². The lowest BCUT2D eigenvalue weighted by molar-refractivity contribution is -0.133. The third kappa shape index (κ3) is 6.57. The average molecular weight is 437 g/mol. The summed E-state index contributed by atoms with van der Waals surface area (Å²) in [6.45, 7) is 2.05. The van der Waals surface area contributed by atoms with Gasteiger partial charge in [-0.1, -0.05) is 36.4 Å². The number of amides is 1. The van der Waals surface area contributed by atoms with Gasteiger partial charge in [-0.25, -0.2) is 9.18 Å². The van der Waals surface area contributed by atoms with Gasteiger partial charge < -0.3 is 19.1 Å². The smallest absolute Gasteiger partial charge is 0.340 e. The summed E-state index contributed by atoms with van der Waals surface area (Å²) in [6.07, 6.45) is 0. The number of esters is 1. The minimum absolute atomic E-state index is 0.169. The number of carbonyl (C=O) groups is 2. The van der Waals surface area contributed by atoms with E-state index in [4.69, 9.17) is 14.2 Å². The highest BCUT2D eigenvalue weighted by Gasteiger charge is 2.15. The van der Waals surface area contributed by atoms with Crippen molar-refractivity contribution in [1.29, 1.82) is 0 Å². The maximum atomic E-state index is 13.8. The van der Waals surface area contributed by atoms with Gasteiger partial charge in [0.05, 0.1) is 5.56 Å². The van der Waals surface area contributed by atoms with Gasteiger partial charge in [0.1, 0.15) is 17.3 Å². The second kappa shape index (κ2) is 11.5. The van der Waals surface area contributed by atoms with Gasteiger partial charge in [0.15, 0.2) is 6.61 Å². The van der Waals surface area contributed by atoms with Crippen LogP contribution in [-0.2, 0) is 16.1 Å². The van der Waals surface area contributed by atoms with Gasteiger partial charge in [0.25, 0.3) is 5.91 Å². The van der Waals surface area contributed by atoms with Crippen molar-refractivity contribution < 1.29 is 28.2 Å². The van der Waals surface area contributed by atoms with Crippen molar-refractivity contribution in [3.05, 3.63) is 95.8 Å². The van der Waals surface area contributed by atoms with Crippen LogP contribution < -0.4 is 9.47 Å². The number of hydrogen-bond donors (Lipinski definition) is 0. The van der Waals surface area contributed by atoms with Gasteiger partial charge in [-0.15, -0.1) is 0 Å². The first kappa shape index (κ1) is 22.8. The van der Waals surface area contributed by atoms with Crippen LogP contribution in [0.3, 0.4) is 0 Å². The second-order valence-electron chi connectivity index (χ2n) is 6.82. The summed E-state index contributed by atoms with van der Waals surface area (Å²) in [4.78, 5) is 25.9. The molecular formula is C25H24FNO5. The summed E-state index contributed by atoms with van der Waals surface area (Å²) in [5, 5.41) is 0. The maximum Gasteiger partial charge on any atom is 0.340 e. The first-order valence-electron chi connectivity index (χ1n) is 10.2. The van der Waals surface area contributed by atoms with Crippen molar-refractivity contribution in [1.82, 2.24) is 4.90 Å². The van der Waals surface area contributed by atoms with E-state index in [-0.39, 0.29) is 31.7 Å². The van der Waals surface area contributed by atoms with Crippen LogP contribution >= 0.6 is 0 Å². The molecule has 0 bridgehead atoms. The molecule has 1 amide bonds. The van der Waals surface area contributed by atoms with Crippen LogP contribution in [0.5, 0.6) is 11.5 Å². The molecule has 0 N–H and O–H groups in total. The first-order valence-corrected chi connectivity index (χ1v) is 10.2. The summed E-state index contributed by atoms with van der Waals surface area (Å²) < 4.78 is 29.9. The zero-order chi connectivity index (χ0) is 22.8. The van der Waals surface area contributed by atoms with Crippen molar-refractivity contribution in [2.24, 2.45) is 0 Å². The van der Waals surface area contributed by atoms with Crippen LogP contribution in [0, 0.1) is 5.82 Å². The molecular weight excluding hydrogens is 413 g/mol. The monoisotopic (exact) mass is 437 g/mol. The van der Waals surface area contributed by atoms with E-state index in [2.05, 4.69) is 0 Å². The maximum absolute atomic E-state index is 13.8. The van der Waals surface area contributed by atoms with E-state index in [9.17, 15) is 14.0 Å². The molecule has 32 heavy (non-hydrogen) atoms. The SMILES string of the molecule is CCN(Cc1ccccc1F)C(=O)COc1ccc(OCOC(=O)c2ccccc2)cc1. The Morgan fingerprint density at radius 3 is 2.12 bits per heavy atom. The van der Waals surface area contributed by atoms with Crippen LogP contribution in [0.1, 0.15) is 22.8 Å². The molecule has 0 unspecified atom stereocenters. The van der Waals surface area contributed by atoms with Crippen LogP contribution in [0.2, 0.25) is 0 Å². The highest BCUT2D eigenvalue weighted by Crippen LogP contribution is 2.18. The molecule has 0 saturated carbocycles. The highest BCUT2D eigenvalue weighted by molar-refractivity contribution is 5.89. The Hall–Kier alpha value is -3.87. The number of likely N-dealkylation sites (N-methyl/N-ethyl adjacent to an activating group) is 1. The molecule has 3 aromatic carbocycles. The average Bonchev–Trinajstić information content (AvgIpc) is 2.83. The molecule has 3 rings (SSSR count). The Kier molecular flexibility index (Phi) is 8.20. The van der Waals surface area contributed by atoms with Crippen molar-refractivity contribution in [2.75, 3.05) is 19.9 Å². The van der Waals surface area contributed by atoms with E-state index in [1.54, 1.807) is 66.7 Å². The normalized spacial score (nSPS) is 10.3. The predicted octanol–water partition coefficient (Wildman–Crippen LogP) is 4.45. The quantitative estimate of drug-likeness (QED) is 0.346. The zero-order valence-corrected chi connectivity index (χ0v) is 17.7. The molecule has 0 radical (unpaired) electrons. The molecule has 3 aromatic rings. The molecule has 0 atom stereocenters. The molecule has 0 heterocycles. The van der Waals surface area contributed by atoms with E-state index in [0.717, 1.165) is 0 Å². The minimum Gasteiger partial charge on any atom is -0.484 e. The van der Waals surface area contributed by atoms with Gasteiger partial charge in [-0.05, 0) is 49.4 Å². The number of ether oxygens (including phenoxy) is 3. The Morgan fingerprint density at radius 2 is 1.47 bits per heavy atom. The van der Waals surface area contributed by atoms with Gasteiger partial charge in [0.2, 0.25) is 6.79 Å². The number of halogens is 1. The minimum atomic E-state index is -0.472. The van der Waals surface area contributed by atoms with Gasteiger partial charge in [-0.3, -0.25) is 4.79 Å². The van der Waals surface area contributed by atoms with E-state index in [1.165, 1.54) is 11.0 Å². The van der Waals surface area contributed by atoms with Crippen molar-refractivity contribution >= 4 is 11.9 Å². The fourth-order valence-corrected chi connectivity index (χ4v) is 2.89. The Balaban J connectivity index is 1.44. The molecule has 0 aliphatic heterocycles. The third-order valence-corrected chi connectivity index (χ3v) is 4.66. The molecule has 166 valence electrons. The number of hydrogen-bond acceptors (Lipinski definition) is 5. The fraction of sp³-hybridized carbons (Fsp3) is 0.200. The fourth-order valence-electron chi connectivity index (χ4n) is 2.89. The molecule has 0 aliphatic rings. The second-order valence-corrected chi connectivity index (χ2v) is 6.82. The molecule has 0 fully saturated rings. The van der Waals surface area contributed by atoms with Gasteiger partial charge in [0, 0.05) is 18.7 Å². The zero-order valence-electron chi connectivity index (χ0n) is 17.7. The lowest BCUT2D eigenvalue weighted by Gasteiger charge is -2.21. The molecule has 0 aromatic heterocycles. The first-order chi connectivity index (χ1) is 15.6. The molecule has 7 heteroatoms. The van der Waals surface area contributed by atoms with Crippen molar-refractivity contribution in [3.8, 4) is 11.5 Å². The number of carbonyl (C=O) groups excluding carboxylic acids is 2. The molecule has 0 saturated heterocycles. The standard InChI is InChI=1S/C25H24FNO5/c1-2-27(16-20-10-6-7-11-23(20)26)24(28)17-30-21-12-14-22(15-13-21)31-18-32-25(29)19-8-4-3-5-9-19/h3-15H,2,16-18H2,1H3. The molecule has 0 aliphatic carbocycles. The van der Waals surface area contributed by atoms with E-state index < -0.39 is 5.97 Å². The Morgan fingerprint density at radius 1 is 0.844 bits per heavy atom. The molecule has 6 nitrogen and oxygen atoms in total. The Bertz CT molecular complexity index is 1020. The molecule has 0 spiro atoms. The van der Waals surface area contributed by atoms with Gasteiger partial charge in [-0.2, -0.15) is 0 Å². The predicted molar refractivity (Wildman–Crippen MR) is 117 cm³/mol. The number of rotatable bonds is 10. The van der Waals surface area contributed by atoms with E-state index in [1.807, 2.05) is 13.0 Å². The lowest BCUT2D eigenvalue weighted by Crippen LogP contribution is -2.34. The largest absolute Gasteiger partial charge is 0.484 e. The number of benzene rings is 3. The summed E-state index contributed by atoms with van der Waals surface area (Å²) >= 11 is 0.